The number of benzene rings is 2. The molecule has 7 heteroatoms. The molecule has 0 N–H and O–H groups in total. The Morgan fingerprint density at radius 3 is 1.39 bits per heavy atom. The molecule has 170 valence electrons. The third-order valence-electron chi connectivity index (χ3n) is 5.88. The van der Waals surface area contributed by atoms with Crippen LogP contribution in [0.25, 0.3) is 67.9 Å². The lowest BCUT2D eigenvalue weighted by Crippen LogP contribution is -1.90. The highest BCUT2D eigenvalue weighted by Gasteiger charge is 2.13. The van der Waals surface area contributed by atoms with Crippen molar-refractivity contribution in [2.45, 2.75) is 0 Å². The van der Waals surface area contributed by atoms with Gasteiger partial charge >= 0.3 is 0 Å². The third-order valence-corrected chi connectivity index (χ3v) is 5.88. The first-order valence-corrected chi connectivity index (χ1v) is 11.4. The topological polar surface area (TPSA) is 90.7 Å². The first-order valence-electron chi connectivity index (χ1n) is 11.4. The third kappa shape index (κ3) is 3.59. The molecule has 7 aromatic rings. The second-order valence-corrected chi connectivity index (χ2v) is 8.27. The van der Waals surface area contributed by atoms with Gasteiger partial charge in [0.25, 0.3) is 0 Å². The molecule has 5 aromatic heterocycles. The molecular formula is C29H17N5O2. The predicted octanol–water partition coefficient (Wildman–Crippen LogP) is 6.82. The van der Waals surface area contributed by atoms with Crippen molar-refractivity contribution in [2.75, 3.05) is 0 Å². The van der Waals surface area contributed by atoms with Gasteiger partial charge in [0, 0.05) is 34.6 Å². The van der Waals surface area contributed by atoms with Gasteiger partial charge in [-0.2, -0.15) is 9.97 Å². The van der Waals surface area contributed by atoms with Crippen molar-refractivity contribution in [3.8, 4) is 45.4 Å². The average Bonchev–Trinajstić information content (AvgIpc) is 3.58. The smallest absolute Gasteiger partial charge is 0.228 e. The first-order chi connectivity index (χ1) is 17.8. The summed E-state index contributed by atoms with van der Waals surface area (Å²) in [5, 5.41) is 0. The van der Waals surface area contributed by atoms with Crippen LogP contribution in [0.5, 0.6) is 0 Å². The molecule has 0 fully saturated rings. The van der Waals surface area contributed by atoms with Crippen LogP contribution >= 0.6 is 0 Å². The zero-order valence-corrected chi connectivity index (χ0v) is 18.9. The van der Waals surface area contributed by atoms with Crippen LogP contribution in [0.15, 0.2) is 112 Å². The number of nitrogens with zero attached hydrogens (tertiary/aromatic N) is 5. The minimum atomic E-state index is 0.540. The van der Waals surface area contributed by atoms with E-state index in [4.69, 9.17) is 13.8 Å². The number of pyridine rings is 3. The van der Waals surface area contributed by atoms with E-state index in [1.54, 1.807) is 12.4 Å². The summed E-state index contributed by atoms with van der Waals surface area (Å²) < 4.78 is 12.0. The molecule has 0 amide bonds. The van der Waals surface area contributed by atoms with Crippen LogP contribution in [-0.4, -0.2) is 24.9 Å². The lowest BCUT2D eigenvalue weighted by atomic mass is 10.1. The SMILES string of the molecule is c1ccc(-c2nc3ncc(-c4cccc(-c5cnc6nc(-c7ccccc7)oc6c5)n4)cc3o2)cc1. The summed E-state index contributed by atoms with van der Waals surface area (Å²) in [4.78, 5) is 22.9. The van der Waals surface area contributed by atoms with Crippen LogP contribution in [0, 0.1) is 0 Å². The van der Waals surface area contributed by atoms with Crippen LogP contribution in [-0.2, 0) is 0 Å². The van der Waals surface area contributed by atoms with E-state index in [9.17, 15) is 0 Å². The van der Waals surface area contributed by atoms with E-state index in [1.807, 2.05) is 91.0 Å². The average molecular weight is 467 g/mol. The van der Waals surface area contributed by atoms with Gasteiger partial charge in [-0.05, 0) is 48.5 Å². The van der Waals surface area contributed by atoms with E-state index in [1.165, 1.54) is 0 Å². The highest BCUT2D eigenvalue weighted by atomic mass is 16.4. The number of rotatable bonds is 4. The number of fused-ring (bicyclic) bond motifs is 2. The second-order valence-electron chi connectivity index (χ2n) is 8.27. The summed E-state index contributed by atoms with van der Waals surface area (Å²) in [5.74, 6) is 1.08. The Kier molecular flexibility index (Phi) is 4.63. The molecule has 0 bridgehead atoms. The van der Waals surface area contributed by atoms with Crippen LogP contribution in [0.3, 0.4) is 0 Å². The molecule has 0 atom stereocenters. The van der Waals surface area contributed by atoms with Gasteiger partial charge < -0.3 is 8.83 Å². The van der Waals surface area contributed by atoms with Crippen LogP contribution in [0.2, 0.25) is 0 Å². The Morgan fingerprint density at radius 1 is 0.444 bits per heavy atom. The van der Waals surface area contributed by atoms with Crippen LogP contribution in [0.1, 0.15) is 0 Å². The summed E-state index contributed by atoms with van der Waals surface area (Å²) in [6, 6.07) is 29.2. The maximum atomic E-state index is 5.99. The molecule has 0 radical (unpaired) electrons. The van der Waals surface area contributed by atoms with Gasteiger partial charge in [-0.25, -0.2) is 15.0 Å². The Morgan fingerprint density at radius 2 is 0.917 bits per heavy atom. The quantitative estimate of drug-likeness (QED) is 0.280. The van der Waals surface area contributed by atoms with Gasteiger partial charge in [-0.15, -0.1) is 0 Å². The summed E-state index contributed by atoms with van der Waals surface area (Å²) >= 11 is 0. The molecule has 7 nitrogen and oxygen atoms in total. The Labute approximate surface area is 205 Å². The molecule has 0 spiro atoms. The largest absolute Gasteiger partial charge is 0.434 e. The summed E-state index contributed by atoms with van der Waals surface area (Å²) in [6.45, 7) is 0. The van der Waals surface area contributed by atoms with Crippen molar-refractivity contribution in [1.82, 2.24) is 24.9 Å². The molecule has 0 aliphatic carbocycles. The van der Waals surface area contributed by atoms with Crippen molar-refractivity contribution in [3.63, 3.8) is 0 Å². The van der Waals surface area contributed by atoms with Crippen molar-refractivity contribution < 1.29 is 8.83 Å². The van der Waals surface area contributed by atoms with E-state index in [0.29, 0.717) is 34.2 Å². The lowest BCUT2D eigenvalue weighted by molar-refractivity contribution is 0.619. The van der Waals surface area contributed by atoms with Gasteiger partial charge in [-0.3, -0.25) is 0 Å². The molecule has 0 aliphatic rings. The zero-order chi connectivity index (χ0) is 23.9. The van der Waals surface area contributed by atoms with E-state index in [-0.39, 0.29) is 0 Å². The molecule has 0 saturated carbocycles. The zero-order valence-electron chi connectivity index (χ0n) is 18.9. The fraction of sp³-hybridized carbons (Fsp3) is 0. The molecule has 0 unspecified atom stereocenters. The van der Waals surface area contributed by atoms with Crippen molar-refractivity contribution in [2.24, 2.45) is 0 Å². The number of aromatic nitrogens is 5. The van der Waals surface area contributed by atoms with Crippen LogP contribution < -0.4 is 0 Å². The predicted molar refractivity (Wildman–Crippen MR) is 137 cm³/mol. The standard InChI is InChI=1S/C29H17N5O2/c1-3-8-18(9-4-1)28-33-26-24(35-28)14-20(16-30-26)22-12-7-13-23(32-22)21-15-25-27(31-17-21)34-29(36-25)19-10-5-2-6-11-19/h1-17H. The number of hydrogen-bond donors (Lipinski definition) is 0. The molecule has 2 aromatic carbocycles. The molecule has 7 rings (SSSR count). The lowest BCUT2D eigenvalue weighted by Gasteiger charge is -2.04. The van der Waals surface area contributed by atoms with Gasteiger partial charge in [0.05, 0.1) is 11.4 Å². The normalized spacial score (nSPS) is 11.3. The monoisotopic (exact) mass is 467 g/mol. The van der Waals surface area contributed by atoms with Gasteiger partial charge in [0.1, 0.15) is 0 Å². The second kappa shape index (κ2) is 8.25. The maximum Gasteiger partial charge on any atom is 0.228 e. The minimum Gasteiger partial charge on any atom is -0.434 e. The Bertz CT molecular complexity index is 1710. The molecule has 0 saturated heterocycles. The summed E-state index contributed by atoms with van der Waals surface area (Å²) in [5.41, 5.74) is 7.34. The molecule has 5 heterocycles. The minimum absolute atomic E-state index is 0.540. The van der Waals surface area contributed by atoms with Crippen molar-refractivity contribution in [3.05, 3.63) is 103 Å². The van der Waals surface area contributed by atoms with Gasteiger partial charge in [0.15, 0.2) is 22.5 Å². The van der Waals surface area contributed by atoms with E-state index in [0.717, 1.165) is 33.6 Å². The Hall–Kier alpha value is -5.17. The molecular weight excluding hydrogens is 450 g/mol. The fourth-order valence-electron chi connectivity index (χ4n) is 4.08. The molecule has 36 heavy (non-hydrogen) atoms. The molecule has 0 aliphatic heterocycles. The first kappa shape index (κ1) is 20.2. The van der Waals surface area contributed by atoms with E-state index in [2.05, 4.69) is 19.9 Å². The number of hydrogen-bond acceptors (Lipinski definition) is 7. The van der Waals surface area contributed by atoms with Crippen molar-refractivity contribution >= 4 is 22.5 Å². The highest BCUT2D eigenvalue weighted by Crippen LogP contribution is 2.29. The fourth-order valence-corrected chi connectivity index (χ4v) is 4.08. The summed E-state index contributed by atoms with van der Waals surface area (Å²) in [6.07, 6.45) is 3.52. The van der Waals surface area contributed by atoms with Gasteiger partial charge in [0.2, 0.25) is 11.8 Å². The van der Waals surface area contributed by atoms with Crippen molar-refractivity contribution in [1.29, 1.82) is 0 Å². The number of oxazole rings is 2. The highest BCUT2D eigenvalue weighted by molar-refractivity contribution is 5.80. The Balaban J connectivity index is 1.24. The van der Waals surface area contributed by atoms with E-state index >= 15 is 0 Å². The van der Waals surface area contributed by atoms with Crippen LogP contribution in [0.4, 0.5) is 0 Å². The summed E-state index contributed by atoms with van der Waals surface area (Å²) in [7, 11) is 0. The maximum absolute atomic E-state index is 5.99. The van der Waals surface area contributed by atoms with E-state index < -0.39 is 0 Å². The van der Waals surface area contributed by atoms with Gasteiger partial charge in [-0.1, -0.05) is 42.5 Å².